The van der Waals surface area contributed by atoms with Crippen LogP contribution in [0.15, 0.2) is 6.20 Å². The number of nitrogens with one attached hydrogen (secondary N) is 2. The average molecular weight is 288 g/mol. The molecule has 0 bridgehead atoms. The molecule has 0 saturated heterocycles. The Hall–Kier alpha value is -1.85. The quantitative estimate of drug-likeness (QED) is 0.820. The Morgan fingerprint density at radius 1 is 1.38 bits per heavy atom. The van der Waals surface area contributed by atoms with Gasteiger partial charge in [-0.05, 0) is 39.0 Å². The molecule has 1 fully saturated rings. The Balaban J connectivity index is 1.98. The molecule has 0 amide bonds. The molecule has 0 aliphatic heterocycles. The van der Waals surface area contributed by atoms with E-state index in [2.05, 4.69) is 46.2 Å². The van der Waals surface area contributed by atoms with Gasteiger partial charge in [0.2, 0.25) is 5.95 Å². The van der Waals surface area contributed by atoms with Crippen LogP contribution in [0.5, 0.6) is 0 Å². The molecule has 6 nitrogen and oxygen atoms in total. The summed E-state index contributed by atoms with van der Waals surface area (Å²) in [6.07, 6.45) is 5.56. The standard InChI is InChI=1S/C15H24N6/c1-4-7-16-15-18-13-12(8-17-20-13)14(19-15)21(10(2)3)9-11-5-6-11/h8,10-11H,4-7,9H2,1-3H3,(H2,16,17,18,19,20). The van der Waals surface area contributed by atoms with E-state index in [4.69, 9.17) is 4.98 Å². The maximum Gasteiger partial charge on any atom is 0.226 e. The molecule has 2 aromatic rings. The van der Waals surface area contributed by atoms with Crippen molar-refractivity contribution in [2.75, 3.05) is 23.3 Å². The maximum atomic E-state index is 4.76. The number of nitrogens with zero attached hydrogens (tertiary/aromatic N) is 4. The van der Waals surface area contributed by atoms with Crippen LogP contribution in [0.25, 0.3) is 11.0 Å². The fourth-order valence-corrected chi connectivity index (χ4v) is 2.47. The van der Waals surface area contributed by atoms with Crippen LogP contribution >= 0.6 is 0 Å². The second kappa shape index (κ2) is 5.87. The predicted molar refractivity (Wildman–Crippen MR) is 85.7 cm³/mol. The van der Waals surface area contributed by atoms with Crippen molar-refractivity contribution in [2.24, 2.45) is 5.92 Å². The fraction of sp³-hybridized carbons (Fsp3) is 0.667. The van der Waals surface area contributed by atoms with Crippen molar-refractivity contribution in [1.82, 2.24) is 20.2 Å². The van der Waals surface area contributed by atoms with E-state index in [1.54, 1.807) is 0 Å². The molecule has 0 aromatic carbocycles. The molecule has 114 valence electrons. The van der Waals surface area contributed by atoms with Gasteiger partial charge in [-0.1, -0.05) is 6.92 Å². The molecule has 1 aliphatic carbocycles. The van der Waals surface area contributed by atoms with Gasteiger partial charge in [-0.15, -0.1) is 0 Å². The second-order valence-electron chi connectivity index (χ2n) is 6.12. The summed E-state index contributed by atoms with van der Waals surface area (Å²) in [6.45, 7) is 8.52. The number of anilines is 2. The van der Waals surface area contributed by atoms with Gasteiger partial charge in [0.15, 0.2) is 5.65 Å². The lowest BCUT2D eigenvalue weighted by molar-refractivity contribution is 0.639. The van der Waals surface area contributed by atoms with Gasteiger partial charge in [-0.3, -0.25) is 5.10 Å². The van der Waals surface area contributed by atoms with Gasteiger partial charge in [-0.2, -0.15) is 15.1 Å². The second-order valence-corrected chi connectivity index (χ2v) is 6.12. The molecule has 21 heavy (non-hydrogen) atoms. The number of hydrogen-bond acceptors (Lipinski definition) is 5. The Kier molecular flexibility index (Phi) is 3.94. The first-order chi connectivity index (χ1) is 10.2. The Bertz CT molecular complexity index is 601. The first-order valence-electron chi connectivity index (χ1n) is 7.90. The van der Waals surface area contributed by atoms with E-state index in [1.165, 1.54) is 12.8 Å². The van der Waals surface area contributed by atoms with E-state index < -0.39 is 0 Å². The van der Waals surface area contributed by atoms with E-state index in [-0.39, 0.29) is 0 Å². The zero-order valence-corrected chi connectivity index (χ0v) is 13.1. The van der Waals surface area contributed by atoms with Crippen LogP contribution < -0.4 is 10.2 Å². The molecule has 0 unspecified atom stereocenters. The van der Waals surface area contributed by atoms with E-state index in [9.17, 15) is 0 Å². The van der Waals surface area contributed by atoms with Crippen LogP contribution in [0.1, 0.15) is 40.0 Å². The highest BCUT2D eigenvalue weighted by atomic mass is 15.3. The van der Waals surface area contributed by atoms with E-state index in [0.29, 0.717) is 12.0 Å². The smallest absolute Gasteiger partial charge is 0.226 e. The number of rotatable bonds is 7. The van der Waals surface area contributed by atoms with E-state index in [0.717, 1.165) is 42.3 Å². The predicted octanol–water partition coefficient (Wildman–Crippen LogP) is 2.80. The number of H-pyrrole nitrogens is 1. The normalized spacial score (nSPS) is 14.9. The van der Waals surface area contributed by atoms with Crippen molar-refractivity contribution in [1.29, 1.82) is 0 Å². The molecule has 0 radical (unpaired) electrons. The van der Waals surface area contributed by atoms with Crippen LogP contribution in [0.2, 0.25) is 0 Å². The summed E-state index contributed by atoms with van der Waals surface area (Å²) in [5.74, 6) is 2.50. The third kappa shape index (κ3) is 3.09. The summed E-state index contributed by atoms with van der Waals surface area (Å²) in [5.41, 5.74) is 0.806. The molecule has 1 aliphatic rings. The number of hydrogen-bond donors (Lipinski definition) is 2. The van der Waals surface area contributed by atoms with Crippen LogP contribution in [0.4, 0.5) is 11.8 Å². The van der Waals surface area contributed by atoms with Crippen molar-refractivity contribution in [3.63, 3.8) is 0 Å². The molecule has 2 heterocycles. The molecule has 1 saturated carbocycles. The molecule has 0 spiro atoms. The van der Waals surface area contributed by atoms with Crippen LogP contribution in [-0.2, 0) is 0 Å². The fourth-order valence-electron chi connectivity index (χ4n) is 2.47. The monoisotopic (exact) mass is 288 g/mol. The van der Waals surface area contributed by atoms with Crippen molar-refractivity contribution in [3.8, 4) is 0 Å². The maximum absolute atomic E-state index is 4.76. The minimum absolute atomic E-state index is 0.414. The molecule has 2 aromatic heterocycles. The lowest BCUT2D eigenvalue weighted by atomic mass is 10.2. The van der Waals surface area contributed by atoms with Crippen LogP contribution in [0.3, 0.4) is 0 Å². The molecule has 3 rings (SSSR count). The Labute approximate surface area is 125 Å². The summed E-state index contributed by atoms with van der Waals surface area (Å²) in [7, 11) is 0. The van der Waals surface area contributed by atoms with Gasteiger partial charge in [0.1, 0.15) is 5.82 Å². The number of aromatic amines is 1. The zero-order chi connectivity index (χ0) is 14.8. The van der Waals surface area contributed by atoms with E-state index >= 15 is 0 Å². The number of aromatic nitrogens is 4. The third-order valence-electron chi connectivity index (χ3n) is 3.87. The van der Waals surface area contributed by atoms with Gasteiger partial charge >= 0.3 is 0 Å². The lowest BCUT2D eigenvalue weighted by Crippen LogP contribution is -2.33. The number of fused-ring (bicyclic) bond motifs is 1. The van der Waals surface area contributed by atoms with Crippen LogP contribution in [0, 0.1) is 5.92 Å². The summed E-state index contributed by atoms with van der Waals surface area (Å²) < 4.78 is 0. The van der Waals surface area contributed by atoms with Crippen LogP contribution in [-0.4, -0.2) is 39.3 Å². The zero-order valence-electron chi connectivity index (χ0n) is 13.1. The molecule has 0 atom stereocenters. The summed E-state index contributed by atoms with van der Waals surface area (Å²) in [4.78, 5) is 11.6. The molecular weight excluding hydrogens is 264 g/mol. The molecule has 6 heteroatoms. The largest absolute Gasteiger partial charge is 0.354 e. The van der Waals surface area contributed by atoms with Crippen molar-refractivity contribution in [3.05, 3.63) is 6.20 Å². The highest BCUT2D eigenvalue weighted by Crippen LogP contribution is 2.34. The van der Waals surface area contributed by atoms with Crippen molar-refractivity contribution in [2.45, 2.75) is 46.1 Å². The third-order valence-corrected chi connectivity index (χ3v) is 3.87. The average Bonchev–Trinajstić information content (AvgIpc) is 3.16. The molecule has 2 N–H and O–H groups in total. The first-order valence-corrected chi connectivity index (χ1v) is 7.90. The topological polar surface area (TPSA) is 69.7 Å². The highest BCUT2D eigenvalue weighted by molar-refractivity contribution is 5.87. The summed E-state index contributed by atoms with van der Waals surface area (Å²) in [5, 5.41) is 11.4. The lowest BCUT2D eigenvalue weighted by Gasteiger charge is -2.28. The SMILES string of the molecule is CCCNc1nc(N(CC2CC2)C(C)C)c2cn[nH]c2n1. The van der Waals surface area contributed by atoms with Crippen molar-refractivity contribution >= 4 is 22.8 Å². The van der Waals surface area contributed by atoms with Gasteiger partial charge in [-0.25, -0.2) is 0 Å². The van der Waals surface area contributed by atoms with Gasteiger partial charge in [0.25, 0.3) is 0 Å². The van der Waals surface area contributed by atoms with Crippen molar-refractivity contribution < 1.29 is 0 Å². The Morgan fingerprint density at radius 2 is 2.19 bits per heavy atom. The van der Waals surface area contributed by atoms with Gasteiger partial charge < -0.3 is 10.2 Å². The molecular formula is C15H24N6. The minimum atomic E-state index is 0.414. The first kappa shape index (κ1) is 14.1. The summed E-state index contributed by atoms with van der Waals surface area (Å²) >= 11 is 0. The van der Waals surface area contributed by atoms with E-state index in [1.807, 2.05) is 6.20 Å². The van der Waals surface area contributed by atoms with Gasteiger partial charge in [0.05, 0.1) is 11.6 Å². The highest BCUT2D eigenvalue weighted by Gasteiger charge is 2.27. The van der Waals surface area contributed by atoms with Gasteiger partial charge in [0, 0.05) is 19.1 Å². The minimum Gasteiger partial charge on any atom is -0.354 e. The summed E-state index contributed by atoms with van der Waals surface area (Å²) in [6, 6.07) is 0.414. The Morgan fingerprint density at radius 3 is 2.86 bits per heavy atom.